The Morgan fingerprint density at radius 1 is 1.12 bits per heavy atom. The van der Waals surface area contributed by atoms with E-state index >= 15 is 0 Å². The molecule has 0 saturated carbocycles. The fourth-order valence-electron chi connectivity index (χ4n) is 3.95. The van der Waals surface area contributed by atoms with Gasteiger partial charge in [0, 0.05) is 30.8 Å². The number of ether oxygens (including phenoxy) is 2. The van der Waals surface area contributed by atoms with Crippen LogP contribution in [0, 0.1) is 0 Å². The van der Waals surface area contributed by atoms with Gasteiger partial charge in [-0.15, -0.1) is 0 Å². The van der Waals surface area contributed by atoms with Gasteiger partial charge >= 0.3 is 0 Å². The van der Waals surface area contributed by atoms with E-state index in [1.165, 1.54) is 4.90 Å². The number of likely N-dealkylation sites (tertiary alicyclic amines) is 1. The van der Waals surface area contributed by atoms with E-state index in [0.717, 1.165) is 31.5 Å². The van der Waals surface area contributed by atoms with Crippen LogP contribution >= 0.6 is 0 Å². The van der Waals surface area contributed by atoms with Gasteiger partial charge in [-0.25, -0.2) is 0 Å². The lowest BCUT2D eigenvalue weighted by molar-refractivity contribution is -0.125. The summed E-state index contributed by atoms with van der Waals surface area (Å²) in [6.45, 7) is 3.89. The predicted octanol–water partition coefficient (Wildman–Crippen LogP) is 2.36. The van der Waals surface area contributed by atoms with E-state index in [1.807, 2.05) is 31.2 Å². The van der Waals surface area contributed by atoms with Gasteiger partial charge in [-0.2, -0.15) is 0 Å². The highest BCUT2D eigenvalue weighted by molar-refractivity contribution is 6.04. The summed E-state index contributed by atoms with van der Waals surface area (Å²) < 4.78 is 11.1. The quantitative estimate of drug-likeness (QED) is 0.719. The highest BCUT2D eigenvalue weighted by atomic mass is 16.5. The summed E-state index contributed by atoms with van der Waals surface area (Å²) >= 11 is 0. The average Bonchev–Trinajstić information content (AvgIpc) is 3.35. The van der Waals surface area contributed by atoms with Crippen molar-refractivity contribution in [1.82, 2.24) is 10.2 Å². The standard InChI is InChI=1S/C24H27N3O5/c1-2-31-20-8-4-3-7-18(20)14-25-22(28)15-27-19-13-17(24(30)26-11-5-6-12-26)9-10-21(19)32-16-23(27)29/h3-4,7-10,13H,2,5-6,11-12,14-16H2,1H3,(H,25,28). The minimum Gasteiger partial charge on any atom is -0.494 e. The molecule has 1 N–H and O–H groups in total. The van der Waals surface area contributed by atoms with Crippen molar-refractivity contribution in [2.45, 2.75) is 26.3 Å². The van der Waals surface area contributed by atoms with E-state index in [1.54, 1.807) is 23.1 Å². The van der Waals surface area contributed by atoms with E-state index in [0.29, 0.717) is 29.4 Å². The van der Waals surface area contributed by atoms with Crippen LogP contribution in [-0.4, -0.2) is 55.5 Å². The number of carbonyl (C=O) groups excluding carboxylic acids is 3. The molecule has 2 aromatic rings. The number of hydrogen-bond donors (Lipinski definition) is 1. The molecule has 168 valence electrons. The number of rotatable bonds is 7. The summed E-state index contributed by atoms with van der Waals surface area (Å²) in [5, 5.41) is 2.85. The first-order valence-electron chi connectivity index (χ1n) is 10.9. The van der Waals surface area contributed by atoms with Crippen LogP contribution in [0.5, 0.6) is 11.5 Å². The fourth-order valence-corrected chi connectivity index (χ4v) is 3.95. The molecule has 0 atom stereocenters. The molecule has 0 unspecified atom stereocenters. The van der Waals surface area contributed by atoms with Gasteiger partial charge in [0.15, 0.2) is 6.61 Å². The molecule has 1 saturated heterocycles. The zero-order valence-corrected chi connectivity index (χ0v) is 18.1. The number of fused-ring (bicyclic) bond motifs is 1. The molecular formula is C24H27N3O5. The second-order valence-corrected chi connectivity index (χ2v) is 7.77. The van der Waals surface area contributed by atoms with E-state index in [-0.39, 0.29) is 37.4 Å². The fraction of sp³-hybridized carbons (Fsp3) is 0.375. The maximum atomic E-state index is 12.8. The first-order chi connectivity index (χ1) is 15.6. The van der Waals surface area contributed by atoms with E-state index in [9.17, 15) is 14.4 Å². The topological polar surface area (TPSA) is 88.2 Å². The monoisotopic (exact) mass is 437 g/mol. The van der Waals surface area contributed by atoms with E-state index in [2.05, 4.69) is 5.32 Å². The molecule has 2 heterocycles. The summed E-state index contributed by atoms with van der Waals surface area (Å²) in [5.41, 5.74) is 1.78. The van der Waals surface area contributed by atoms with E-state index in [4.69, 9.17) is 9.47 Å². The lowest BCUT2D eigenvalue weighted by Crippen LogP contribution is -2.45. The summed E-state index contributed by atoms with van der Waals surface area (Å²) in [5.74, 6) is 0.493. The Kier molecular flexibility index (Phi) is 6.58. The van der Waals surface area contributed by atoms with Gasteiger partial charge in [0.2, 0.25) is 5.91 Å². The molecule has 8 heteroatoms. The third-order valence-corrected chi connectivity index (χ3v) is 5.59. The molecule has 8 nitrogen and oxygen atoms in total. The van der Waals surface area contributed by atoms with Gasteiger partial charge in [0.1, 0.15) is 18.0 Å². The Bertz CT molecular complexity index is 1020. The van der Waals surface area contributed by atoms with Crippen LogP contribution in [0.2, 0.25) is 0 Å². The maximum Gasteiger partial charge on any atom is 0.265 e. The molecule has 0 spiro atoms. The first-order valence-corrected chi connectivity index (χ1v) is 10.9. The normalized spacial score (nSPS) is 15.2. The van der Waals surface area contributed by atoms with Crippen LogP contribution in [0.3, 0.4) is 0 Å². The van der Waals surface area contributed by atoms with Gasteiger partial charge < -0.3 is 19.7 Å². The van der Waals surface area contributed by atoms with Crippen molar-refractivity contribution < 1.29 is 23.9 Å². The largest absolute Gasteiger partial charge is 0.494 e. The van der Waals surface area contributed by atoms with Crippen molar-refractivity contribution in [3.05, 3.63) is 53.6 Å². The van der Waals surface area contributed by atoms with E-state index < -0.39 is 0 Å². The van der Waals surface area contributed by atoms with Crippen LogP contribution < -0.4 is 19.7 Å². The summed E-state index contributed by atoms with van der Waals surface area (Å²) in [7, 11) is 0. The molecule has 0 bridgehead atoms. The molecule has 2 aliphatic rings. The second-order valence-electron chi connectivity index (χ2n) is 7.77. The number of benzene rings is 2. The average molecular weight is 437 g/mol. The number of nitrogens with zero attached hydrogens (tertiary/aromatic N) is 2. The Balaban J connectivity index is 1.47. The molecule has 1 fully saturated rings. The number of amides is 3. The maximum absolute atomic E-state index is 12.8. The molecule has 32 heavy (non-hydrogen) atoms. The number of para-hydroxylation sites is 1. The molecular weight excluding hydrogens is 410 g/mol. The van der Waals surface area contributed by atoms with Gasteiger partial charge in [-0.3, -0.25) is 19.3 Å². The summed E-state index contributed by atoms with van der Waals surface area (Å²) in [6.07, 6.45) is 1.99. The van der Waals surface area contributed by atoms with Crippen LogP contribution in [0.4, 0.5) is 5.69 Å². The third kappa shape index (κ3) is 4.69. The van der Waals surface area contributed by atoms with Crippen LogP contribution in [0.15, 0.2) is 42.5 Å². The van der Waals surface area contributed by atoms with Crippen LogP contribution in [-0.2, 0) is 16.1 Å². The van der Waals surface area contributed by atoms with Gasteiger partial charge in [0.05, 0.1) is 12.3 Å². The molecule has 0 aromatic heterocycles. The van der Waals surface area contributed by atoms with Crippen LogP contribution in [0.25, 0.3) is 0 Å². The zero-order chi connectivity index (χ0) is 22.5. The highest BCUT2D eigenvalue weighted by Crippen LogP contribution is 2.33. The Hall–Kier alpha value is -3.55. The Morgan fingerprint density at radius 2 is 1.91 bits per heavy atom. The lowest BCUT2D eigenvalue weighted by atomic mass is 10.1. The van der Waals surface area contributed by atoms with Gasteiger partial charge in [-0.1, -0.05) is 18.2 Å². The molecule has 3 amide bonds. The Morgan fingerprint density at radius 3 is 2.69 bits per heavy atom. The van der Waals surface area contributed by atoms with Crippen molar-refractivity contribution in [1.29, 1.82) is 0 Å². The molecule has 4 rings (SSSR count). The van der Waals surface area contributed by atoms with Crippen molar-refractivity contribution in [2.24, 2.45) is 0 Å². The molecule has 2 aromatic carbocycles. The summed E-state index contributed by atoms with van der Waals surface area (Å²) in [4.78, 5) is 41.2. The zero-order valence-electron chi connectivity index (χ0n) is 18.1. The van der Waals surface area contributed by atoms with Gasteiger partial charge in [-0.05, 0) is 44.0 Å². The Labute approximate surface area is 187 Å². The minimum absolute atomic E-state index is 0.0692. The number of hydrogen-bond acceptors (Lipinski definition) is 5. The van der Waals surface area contributed by atoms with Gasteiger partial charge in [0.25, 0.3) is 11.8 Å². The number of carbonyl (C=O) groups is 3. The smallest absolute Gasteiger partial charge is 0.265 e. The van der Waals surface area contributed by atoms with Crippen LogP contribution in [0.1, 0.15) is 35.7 Å². The SMILES string of the molecule is CCOc1ccccc1CNC(=O)CN1C(=O)COc2ccc(C(=O)N3CCCC3)cc21. The van der Waals surface area contributed by atoms with Crippen molar-refractivity contribution in [3.63, 3.8) is 0 Å². The summed E-state index contributed by atoms with van der Waals surface area (Å²) in [6, 6.07) is 12.5. The second kappa shape index (κ2) is 9.72. The molecule has 0 aliphatic carbocycles. The third-order valence-electron chi connectivity index (χ3n) is 5.59. The minimum atomic E-state index is -0.326. The predicted molar refractivity (Wildman–Crippen MR) is 119 cm³/mol. The lowest BCUT2D eigenvalue weighted by Gasteiger charge is -2.29. The molecule has 0 radical (unpaired) electrons. The highest BCUT2D eigenvalue weighted by Gasteiger charge is 2.29. The molecule has 2 aliphatic heterocycles. The van der Waals surface area contributed by atoms with Crippen molar-refractivity contribution in [2.75, 3.05) is 37.7 Å². The van der Waals surface area contributed by atoms with Crippen molar-refractivity contribution in [3.8, 4) is 11.5 Å². The number of anilines is 1. The van der Waals surface area contributed by atoms with Crippen molar-refractivity contribution >= 4 is 23.4 Å². The first kappa shape index (κ1) is 21.7. The number of nitrogens with one attached hydrogen (secondary N) is 1.